The van der Waals surface area contributed by atoms with Gasteiger partial charge in [-0.25, -0.2) is 0 Å². The molecule has 0 saturated heterocycles. The lowest BCUT2D eigenvalue weighted by molar-refractivity contribution is -0.120. The number of aromatic hydroxyl groups is 1. The van der Waals surface area contributed by atoms with E-state index in [1.165, 1.54) is 0 Å². The second kappa shape index (κ2) is 10.7. The van der Waals surface area contributed by atoms with Gasteiger partial charge in [-0.15, -0.1) is 0 Å². The lowest BCUT2D eigenvalue weighted by Gasteiger charge is -2.18. The van der Waals surface area contributed by atoms with Gasteiger partial charge in [0.2, 0.25) is 5.91 Å². The third-order valence-electron chi connectivity index (χ3n) is 4.93. The Bertz CT molecular complexity index is 804. The summed E-state index contributed by atoms with van der Waals surface area (Å²) < 4.78 is 6.12. The number of benzene rings is 2. The summed E-state index contributed by atoms with van der Waals surface area (Å²) in [5, 5.41) is 16.4. The molecule has 0 bridgehead atoms. The van der Waals surface area contributed by atoms with Gasteiger partial charge >= 0.3 is 0 Å². The molecule has 0 spiro atoms. The molecule has 0 saturated carbocycles. The SMILES string of the molecule is CCCC(CCC)C(=O)Nc1cc(Oc2c(C)cc(NCC)cc2C)ccc1O. The van der Waals surface area contributed by atoms with E-state index in [2.05, 4.69) is 43.5 Å². The van der Waals surface area contributed by atoms with E-state index < -0.39 is 0 Å². The Morgan fingerprint density at radius 1 is 1.03 bits per heavy atom. The molecule has 2 rings (SSSR count). The Hall–Kier alpha value is -2.69. The van der Waals surface area contributed by atoms with Crippen molar-refractivity contribution in [1.29, 1.82) is 0 Å². The molecule has 0 aliphatic carbocycles. The minimum absolute atomic E-state index is 0.0355. The van der Waals surface area contributed by atoms with Crippen LogP contribution in [0, 0.1) is 19.8 Å². The van der Waals surface area contributed by atoms with E-state index in [-0.39, 0.29) is 17.6 Å². The molecule has 0 aliphatic heterocycles. The van der Waals surface area contributed by atoms with Gasteiger partial charge in [0.1, 0.15) is 17.2 Å². The molecular formula is C24H34N2O3. The number of nitrogens with one attached hydrogen (secondary N) is 2. The highest BCUT2D eigenvalue weighted by Crippen LogP contribution is 2.35. The topological polar surface area (TPSA) is 70.6 Å². The summed E-state index contributed by atoms with van der Waals surface area (Å²) in [6.07, 6.45) is 3.59. The van der Waals surface area contributed by atoms with Crippen LogP contribution < -0.4 is 15.4 Å². The fourth-order valence-corrected chi connectivity index (χ4v) is 3.55. The molecule has 0 heterocycles. The summed E-state index contributed by atoms with van der Waals surface area (Å²) in [4.78, 5) is 12.7. The van der Waals surface area contributed by atoms with Crippen LogP contribution in [0.2, 0.25) is 0 Å². The van der Waals surface area contributed by atoms with Crippen molar-refractivity contribution in [1.82, 2.24) is 0 Å². The number of hydrogen-bond acceptors (Lipinski definition) is 4. The van der Waals surface area contributed by atoms with E-state index in [1.807, 2.05) is 13.8 Å². The number of phenolic OH excluding ortho intramolecular Hbond substituents is 1. The molecular weight excluding hydrogens is 364 g/mol. The highest BCUT2D eigenvalue weighted by atomic mass is 16.5. The predicted molar refractivity (Wildman–Crippen MR) is 120 cm³/mol. The maximum absolute atomic E-state index is 12.7. The number of carbonyl (C=O) groups is 1. The van der Waals surface area contributed by atoms with Crippen molar-refractivity contribution >= 4 is 17.3 Å². The first kappa shape index (κ1) is 22.6. The molecule has 29 heavy (non-hydrogen) atoms. The van der Waals surface area contributed by atoms with Crippen LogP contribution in [0.3, 0.4) is 0 Å². The Kier molecular flexibility index (Phi) is 8.37. The Morgan fingerprint density at radius 2 is 1.66 bits per heavy atom. The summed E-state index contributed by atoms with van der Waals surface area (Å²) in [6.45, 7) is 11.1. The number of anilines is 2. The smallest absolute Gasteiger partial charge is 0.227 e. The Balaban J connectivity index is 2.22. The zero-order valence-corrected chi connectivity index (χ0v) is 18.3. The van der Waals surface area contributed by atoms with E-state index in [9.17, 15) is 9.90 Å². The molecule has 158 valence electrons. The van der Waals surface area contributed by atoms with Gasteiger partial charge < -0.3 is 20.5 Å². The molecule has 0 radical (unpaired) electrons. The van der Waals surface area contributed by atoms with Crippen molar-refractivity contribution < 1.29 is 14.6 Å². The number of amides is 1. The first-order chi connectivity index (χ1) is 13.9. The van der Waals surface area contributed by atoms with Gasteiger partial charge in [0.25, 0.3) is 0 Å². The zero-order valence-electron chi connectivity index (χ0n) is 18.3. The van der Waals surface area contributed by atoms with Crippen LogP contribution in [-0.4, -0.2) is 17.6 Å². The summed E-state index contributed by atoms with van der Waals surface area (Å²) >= 11 is 0. The van der Waals surface area contributed by atoms with Crippen LogP contribution in [0.1, 0.15) is 57.6 Å². The van der Waals surface area contributed by atoms with E-state index >= 15 is 0 Å². The number of rotatable bonds is 10. The highest BCUT2D eigenvalue weighted by molar-refractivity contribution is 5.94. The van der Waals surface area contributed by atoms with Gasteiger partial charge in [-0.3, -0.25) is 4.79 Å². The molecule has 3 N–H and O–H groups in total. The van der Waals surface area contributed by atoms with E-state index in [0.717, 1.165) is 54.8 Å². The monoisotopic (exact) mass is 398 g/mol. The van der Waals surface area contributed by atoms with Gasteiger partial charge in [0.15, 0.2) is 0 Å². The van der Waals surface area contributed by atoms with Gasteiger partial charge in [-0.05, 0) is 69.0 Å². The van der Waals surface area contributed by atoms with Gasteiger partial charge in [0.05, 0.1) is 5.69 Å². The van der Waals surface area contributed by atoms with Gasteiger partial charge in [-0.1, -0.05) is 26.7 Å². The zero-order chi connectivity index (χ0) is 21.4. The lowest BCUT2D eigenvalue weighted by atomic mass is 9.97. The molecule has 0 unspecified atom stereocenters. The molecule has 2 aromatic rings. The molecule has 0 atom stereocenters. The van der Waals surface area contributed by atoms with E-state index in [4.69, 9.17) is 4.74 Å². The second-order valence-corrected chi connectivity index (χ2v) is 7.51. The van der Waals surface area contributed by atoms with Crippen LogP contribution in [0.5, 0.6) is 17.2 Å². The average molecular weight is 399 g/mol. The Morgan fingerprint density at radius 3 is 2.21 bits per heavy atom. The van der Waals surface area contributed by atoms with Crippen LogP contribution >= 0.6 is 0 Å². The Labute approximate surface area is 174 Å². The first-order valence-electron chi connectivity index (χ1n) is 10.6. The number of carbonyl (C=O) groups excluding carboxylic acids is 1. The molecule has 5 heteroatoms. The predicted octanol–water partition coefficient (Wildman–Crippen LogP) is 6.39. The second-order valence-electron chi connectivity index (χ2n) is 7.51. The normalized spacial score (nSPS) is 10.8. The van der Waals surface area contributed by atoms with E-state index in [0.29, 0.717) is 11.4 Å². The number of ether oxygens (including phenoxy) is 1. The summed E-state index contributed by atoms with van der Waals surface area (Å²) in [7, 11) is 0. The first-order valence-corrected chi connectivity index (χ1v) is 10.6. The summed E-state index contributed by atoms with van der Waals surface area (Å²) in [5.74, 6) is 1.29. The fraction of sp³-hybridized carbons (Fsp3) is 0.458. The van der Waals surface area contributed by atoms with Crippen molar-refractivity contribution in [2.75, 3.05) is 17.2 Å². The van der Waals surface area contributed by atoms with Gasteiger partial charge in [0, 0.05) is 24.2 Å². The third-order valence-corrected chi connectivity index (χ3v) is 4.93. The summed E-state index contributed by atoms with van der Waals surface area (Å²) in [5.41, 5.74) is 3.48. The van der Waals surface area contributed by atoms with Crippen LogP contribution in [0.4, 0.5) is 11.4 Å². The van der Waals surface area contributed by atoms with Crippen molar-refractivity contribution in [3.8, 4) is 17.2 Å². The maximum atomic E-state index is 12.7. The number of aryl methyl sites for hydroxylation is 2. The fourth-order valence-electron chi connectivity index (χ4n) is 3.55. The summed E-state index contributed by atoms with van der Waals surface area (Å²) in [6, 6.07) is 9.04. The number of phenols is 1. The van der Waals surface area contributed by atoms with Crippen molar-refractivity contribution in [2.45, 2.75) is 60.3 Å². The van der Waals surface area contributed by atoms with Gasteiger partial charge in [-0.2, -0.15) is 0 Å². The van der Waals surface area contributed by atoms with E-state index in [1.54, 1.807) is 18.2 Å². The largest absolute Gasteiger partial charge is 0.506 e. The van der Waals surface area contributed by atoms with Crippen LogP contribution in [0.15, 0.2) is 30.3 Å². The molecule has 0 aliphatic rings. The quantitative estimate of drug-likeness (QED) is 0.406. The van der Waals surface area contributed by atoms with Crippen molar-refractivity contribution in [2.24, 2.45) is 5.92 Å². The molecule has 0 aromatic heterocycles. The standard InChI is InChI=1S/C24H34N2O3/c1-6-9-18(10-7-2)24(28)26-21-15-20(11-12-22(21)27)29-23-16(4)13-19(25-8-3)14-17(23)5/h11-15,18,25,27H,6-10H2,1-5H3,(H,26,28). The minimum atomic E-state index is -0.0523. The molecule has 5 nitrogen and oxygen atoms in total. The maximum Gasteiger partial charge on any atom is 0.227 e. The molecule has 0 fully saturated rings. The minimum Gasteiger partial charge on any atom is -0.506 e. The average Bonchev–Trinajstić information content (AvgIpc) is 2.67. The van der Waals surface area contributed by atoms with Crippen molar-refractivity contribution in [3.05, 3.63) is 41.5 Å². The molecule has 1 amide bonds. The van der Waals surface area contributed by atoms with Crippen LogP contribution in [-0.2, 0) is 4.79 Å². The molecule has 2 aromatic carbocycles. The highest BCUT2D eigenvalue weighted by Gasteiger charge is 2.18. The van der Waals surface area contributed by atoms with Crippen LogP contribution in [0.25, 0.3) is 0 Å². The number of hydrogen-bond donors (Lipinski definition) is 3. The van der Waals surface area contributed by atoms with Crippen molar-refractivity contribution in [3.63, 3.8) is 0 Å². The third kappa shape index (κ3) is 6.14. The lowest BCUT2D eigenvalue weighted by Crippen LogP contribution is -2.22.